The highest BCUT2D eigenvalue weighted by Crippen LogP contribution is 2.27. The number of nitrogen functional groups attached to an aromatic ring is 2. The Hall–Kier alpha value is -4.56. The number of halogens is 1. The van der Waals surface area contributed by atoms with Crippen molar-refractivity contribution in [2.24, 2.45) is 0 Å². The number of nitrogens with zero attached hydrogens (tertiary/aromatic N) is 6. The summed E-state index contributed by atoms with van der Waals surface area (Å²) in [5.74, 6) is -0.423. The molecule has 3 heterocycles. The number of aromatic nitrogens is 4. The molecule has 11 heteroatoms. The van der Waals surface area contributed by atoms with Gasteiger partial charge in [0.1, 0.15) is 34.6 Å². The number of anilines is 3. The first kappa shape index (κ1) is 26.1. The highest BCUT2D eigenvalue weighted by atomic mass is 19.1. The van der Waals surface area contributed by atoms with E-state index in [9.17, 15) is 10.1 Å². The lowest BCUT2D eigenvalue weighted by Crippen LogP contribution is -2.29. The van der Waals surface area contributed by atoms with Crippen LogP contribution in [0.15, 0.2) is 47.3 Å². The van der Waals surface area contributed by atoms with E-state index in [0.717, 1.165) is 31.6 Å². The summed E-state index contributed by atoms with van der Waals surface area (Å²) < 4.78 is 16.7. The van der Waals surface area contributed by atoms with E-state index in [1.807, 2.05) is 24.3 Å². The van der Waals surface area contributed by atoms with Crippen LogP contribution in [0.4, 0.5) is 22.0 Å². The van der Waals surface area contributed by atoms with E-state index in [4.69, 9.17) is 11.5 Å². The molecule has 1 atom stereocenters. The van der Waals surface area contributed by atoms with Crippen LogP contribution in [0.1, 0.15) is 49.2 Å². The van der Waals surface area contributed by atoms with E-state index in [1.54, 1.807) is 25.1 Å². The van der Waals surface area contributed by atoms with Crippen LogP contribution >= 0.6 is 0 Å². The van der Waals surface area contributed by atoms with Gasteiger partial charge in [-0.05, 0) is 76.0 Å². The second-order valence-electron chi connectivity index (χ2n) is 9.70. The number of aryl methyl sites for hydroxylation is 1. The first-order chi connectivity index (χ1) is 18.9. The summed E-state index contributed by atoms with van der Waals surface area (Å²) in [5, 5.41) is 12.9. The van der Waals surface area contributed by atoms with Crippen molar-refractivity contribution >= 4 is 28.5 Å². The molecule has 39 heavy (non-hydrogen) atoms. The first-order valence-electron chi connectivity index (χ1n) is 13.0. The Balaban J connectivity index is 1.62. The highest BCUT2D eigenvalue weighted by molar-refractivity contribution is 5.82. The molecule has 10 nitrogen and oxygen atoms in total. The molecule has 0 saturated carbocycles. The summed E-state index contributed by atoms with van der Waals surface area (Å²) in [6, 6.07) is 13.4. The van der Waals surface area contributed by atoms with Crippen LogP contribution in [0.3, 0.4) is 0 Å². The Labute approximate surface area is 225 Å². The van der Waals surface area contributed by atoms with Crippen molar-refractivity contribution in [3.63, 3.8) is 0 Å². The summed E-state index contributed by atoms with van der Waals surface area (Å²) in [7, 11) is 0. The molecule has 0 radical (unpaired) electrons. The Bertz CT molecular complexity index is 1610. The van der Waals surface area contributed by atoms with Gasteiger partial charge in [-0.25, -0.2) is 9.37 Å². The standard InChI is InChI=1S/C28H30FN9O/c1-17(33-25-20(16-30)24(31)35-28(32)36-25)26-34-23-21(29)12-11-18(8-7-15-37-13-5-6-14-37)22(23)27(39)38(26)19-9-3-2-4-10-19/h2-4,9-12,17H,5-8,13-15H2,1H3,(H5,31,32,33,35,36). The molecule has 0 aliphatic carbocycles. The molecule has 1 unspecified atom stereocenters. The molecule has 5 N–H and O–H groups in total. The second-order valence-corrected chi connectivity index (χ2v) is 9.70. The number of likely N-dealkylation sites (tertiary alicyclic amines) is 1. The Morgan fingerprint density at radius 2 is 1.85 bits per heavy atom. The van der Waals surface area contributed by atoms with Crippen molar-refractivity contribution < 1.29 is 4.39 Å². The normalized spacial score (nSPS) is 14.4. The first-order valence-corrected chi connectivity index (χ1v) is 13.0. The van der Waals surface area contributed by atoms with Crippen molar-refractivity contribution in [1.82, 2.24) is 24.4 Å². The van der Waals surface area contributed by atoms with Gasteiger partial charge < -0.3 is 21.7 Å². The molecule has 200 valence electrons. The Kier molecular flexibility index (Phi) is 7.38. The maximum atomic E-state index is 15.2. The lowest BCUT2D eigenvalue weighted by atomic mass is 10.0. The maximum Gasteiger partial charge on any atom is 0.266 e. The zero-order valence-corrected chi connectivity index (χ0v) is 21.7. The number of hydrogen-bond acceptors (Lipinski definition) is 9. The number of hydrogen-bond donors (Lipinski definition) is 3. The molecule has 1 fully saturated rings. The molecule has 2 aromatic carbocycles. The highest BCUT2D eigenvalue weighted by Gasteiger charge is 2.23. The molecule has 0 spiro atoms. The van der Waals surface area contributed by atoms with Crippen LogP contribution in [0, 0.1) is 17.1 Å². The summed E-state index contributed by atoms with van der Waals surface area (Å²) in [4.78, 5) is 29.2. The van der Waals surface area contributed by atoms with E-state index >= 15 is 4.39 Å². The number of nitrogens with two attached hydrogens (primary N) is 2. The predicted octanol–water partition coefficient (Wildman–Crippen LogP) is 3.55. The largest absolute Gasteiger partial charge is 0.382 e. The zero-order chi connectivity index (χ0) is 27.5. The van der Waals surface area contributed by atoms with Crippen molar-refractivity contribution in [2.75, 3.05) is 36.4 Å². The molecule has 5 rings (SSSR count). The molecular formula is C28H30FN9O. The zero-order valence-electron chi connectivity index (χ0n) is 21.7. The molecule has 1 saturated heterocycles. The van der Waals surface area contributed by atoms with Crippen LogP contribution in [-0.2, 0) is 6.42 Å². The van der Waals surface area contributed by atoms with Gasteiger partial charge in [0, 0.05) is 0 Å². The van der Waals surface area contributed by atoms with Crippen molar-refractivity contribution in [3.8, 4) is 11.8 Å². The van der Waals surface area contributed by atoms with Gasteiger partial charge in [0.05, 0.1) is 17.1 Å². The summed E-state index contributed by atoms with van der Waals surface area (Å²) in [5.41, 5.74) is 12.6. The molecule has 2 aromatic heterocycles. The van der Waals surface area contributed by atoms with Crippen molar-refractivity contribution in [2.45, 2.75) is 38.6 Å². The topological polar surface area (TPSA) is 152 Å². The maximum absolute atomic E-state index is 15.2. The number of rotatable bonds is 8. The van der Waals surface area contributed by atoms with E-state index in [2.05, 4.69) is 25.2 Å². The third kappa shape index (κ3) is 5.24. The minimum absolute atomic E-state index is 0.0109. The van der Waals surface area contributed by atoms with Crippen LogP contribution in [0.25, 0.3) is 16.6 Å². The lowest BCUT2D eigenvalue weighted by molar-refractivity contribution is 0.334. The Morgan fingerprint density at radius 3 is 2.56 bits per heavy atom. The minimum atomic E-state index is -0.693. The van der Waals surface area contributed by atoms with Gasteiger partial charge >= 0.3 is 0 Å². The molecule has 1 aliphatic rings. The number of benzene rings is 2. The van der Waals surface area contributed by atoms with Crippen LogP contribution < -0.4 is 22.3 Å². The van der Waals surface area contributed by atoms with E-state index in [0.29, 0.717) is 12.1 Å². The van der Waals surface area contributed by atoms with Crippen LogP contribution in [-0.4, -0.2) is 44.1 Å². The van der Waals surface area contributed by atoms with Gasteiger partial charge in [0.25, 0.3) is 5.56 Å². The fourth-order valence-electron chi connectivity index (χ4n) is 5.14. The monoisotopic (exact) mass is 527 g/mol. The predicted molar refractivity (Wildman–Crippen MR) is 149 cm³/mol. The van der Waals surface area contributed by atoms with Crippen molar-refractivity contribution in [3.05, 3.63) is 75.6 Å². The third-order valence-electron chi connectivity index (χ3n) is 7.03. The van der Waals surface area contributed by atoms with Crippen molar-refractivity contribution in [1.29, 1.82) is 5.26 Å². The van der Waals surface area contributed by atoms with Gasteiger partial charge in [0.15, 0.2) is 5.82 Å². The van der Waals surface area contributed by atoms with Gasteiger partial charge in [-0.2, -0.15) is 15.2 Å². The quantitative estimate of drug-likeness (QED) is 0.312. The molecule has 4 aromatic rings. The van der Waals surface area contributed by atoms with E-state index < -0.39 is 11.9 Å². The fraction of sp³-hybridized carbons (Fsp3) is 0.321. The number of para-hydroxylation sites is 1. The second kappa shape index (κ2) is 11.0. The summed E-state index contributed by atoms with van der Waals surface area (Å²) >= 11 is 0. The molecule has 1 aliphatic heterocycles. The molecular weight excluding hydrogens is 497 g/mol. The van der Waals surface area contributed by atoms with Gasteiger partial charge in [-0.15, -0.1) is 0 Å². The minimum Gasteiger partial charge on any atom is -0.382 e. The van der Waals surface area contributed by atoms with Gasteiger partial charge in [0.2, 0.25) is 5.95 Å². The number of nitriles is 1. The van der Waals surface area contributed by atoms with Crippen LogP contribution in [0.2, 0.25) is 0 Å². The smallest absolute Gasteiger partial charge is 0.266 e. The summed E-state index contributed by atoms with van der Waals surface area (Å²) in [6.07, 6.45) is 3.92. The third-order valence-corrected chi connectivity index (χ3v) is 7.03. The average Bonchev–Trinajstić information content (AvgIpc) is 3.44. The summed E-state index contributed by atoms with van der Waals surface area (Å²) in [6.45, 7) is 4.86. The lowest BCUT2D eigenvalue weighted by Gasteiger charge is -2.21. The molecule has 0 amide bonds. The van der Waals surface area contributed by atoms with E-state index in [-0.39, 0.29) is 45.4 Å². The number of nitrogens with one attached hydrogen (secondary N) is 1. The average molecular weight is 528 g/mol. The SMILES string of the molecule is CC(Nc1nc(N)nc(N)c1C#N)c1nc2c(F)ccc(CCCN3CCCC3)c2c(=O)n1-c1ccccc1. The molecule has 0 bridgehead atoms. The fourth-order valence-corrected chi connectivity index (χ4v) is 5.14. The van der Waals surface area contributed by atoms with E-state index in [1.165, 1.54) is 23.5 Å². The van der Waals surface area contributed by atoms with Crippen LogP contribution in [0.5, 0.6) is 0 Å². The number of fused-ring (bicyclic) bond motifs is 1. The Morgan fingerprint density at radius 1 is 1.10 bits per heavy atom. The van der Waals surface area contributed by atoms with Gasteiger partial charge in [-0.3, -0.25) is 9.36 Å². The van der Waals surface area contributed by atoms with Gasteiger partial charge in [-0.1, -0.05) is 24.3 Å².